The fraction of sp³-hybridized carbons (Fsp3) is 0.364. The molecule has 0 saturated heterocycles. The maximum atomic E-state index is 12.9. The Morgan fingerprint density at radius 2 is 1.72 bits per heavy atom. The number of rotatable bonds is 3. The first-order valence-corrected chi connectivity index (χ1v) is 5.17. The molecule has 0 aliphatic heterocycles. The summed E-state index contributed by atoms with van der Waals surface area (Å²) >= 11 is 4.81. The molecule has 7 heteroatoms. The Balaban J connectivity index is 3.51. The predicted octanol–water partition coefficient (Wildman–Crippen LogP) is 3.04. The number of ether oxygens (including phenoxy) is 3. The van der Waals surface area contributed by atoms with E-state index in [1.807, 2.05) is 0 Å². The van der Waals surface area contributed by atoms with Crippen molar-refractivity contribution in [1.82, 2.24) is 0 Å². The van der Waals surface area contributed by atoms with Crippen LogP contribution in [0.2, 0.25) is 0 Å². The summed E-state index contributed by atoms with van der Waals surface area (Å²) < 4.78 is 53.0. The van der Waals surface area contributed by atoms with Crippen molar-refractivity contribution in [3.63, 3.8) is 0 Å². The van der Waals surface area contributed by atoms with Crippen molar-refractivity contribution in [3.8, 4) is 11.5 Å². The van der Waals surface area contributed by atoms with E-state index in [1.165, 1.54) is 20.3 Å². The molecule has 0 unspecified atom stereocenters. The Morgan fingerprint density at radius 3 is 2.11 bits per heavy atom. The van der Waals surface area contributed by atoms with Gasteiger partial charge in [-0.25, -0.2) is 0 Å². The van der Waals surface area contributed by atoms with Crippen LogP contribution in [0.15, 0.2) is 12.1 Å². The number of alkyl halides is 3. The van der Waals surface area contributed by atoms with Gasteiger partial charge in [0.2, 0.25) is 0 Å². The molecule has 1 aromatic rings. The molecule has 0 aromatic heterocycles. The first-order chi connectivity index (χ1) is 8.35. The third-order valence-corrected chi connectivity index (χ3v) is 2.61. The summed E-state index contributed by atoms with van der Waals surface area (Å²) in [6.45, 7) is 0. The number of thiocarbonyl (C=S) groups is 1. The molecule has 0 amide bonds. The Morgan fingerprint density at radius 1 is 1.11 bits per heavy atom. The van der Waals surface area contributed by atoms with E-state index in [0.717, 1.165) is 13.2 Å². The maximum Gasteiger partial charge on any atom is 0.420 e. The fourth-order valence-corrected chi connectivity index (χ4v) is 1.53. The quantitative estimate of drug-likeness (QED) is 0.795. The second-order valence-electron chi connectivity index (χ2n) is 3.25. The largest absolute Gasteiger partial charge is 0.493 e. The van der Waals surface area contributed by atoms with Crippen molar-refractivity contribution in [2.45, 2.75) is 6.18 Å². The monoisotopic (exact) mass is 280 g/mol. The van der Waals surface area contributed by atoms with Crippen molar-refractivity contribution in [2.24, 2.45) is 0 Å². The van der Waals surface area contributed by atoms with E-state index in [0.29, 0.717) is 0 Å². The van der Waals surface area contributed by atoms with Crippen molar-refractivity contribution < 1.29 is 27.4 Å². The molecular formula is C11H11F3O3S. The first kappa shape index (κ1) is 14.6. The molecule has 0 atom stereocenters. The summed E-state index contributed by atoms with van der Waals surface area (Å²) in [6.07, 6.45) is -4.57. The van der Waals surface area contributed by atoms with Crippen LogP contribution in [0, 0.1) is 0 Å². The zero-order valence-electron chi connectivity index (χ0n) is 9.92. The summed E-state index contributed by atoms with van der Waals surface area (Å²) in [7, 11) is 3.67. The van der Waals surface area contributed by atoms with Gasteiger partial charge in [-0.2, -0.15) is 13.2 Å². The molecule has 0 aliphatic carbocycles. The van der Waals surface area contributed by atoms with Gasteiger partial charge in [0.25, 0.3) is 0 Å². The molecule has 100 valence electrons. The van der Waals surface area contributed by atoms with Crippen LogP contribution >= 0.6 is 12.2 Å². The van der Waals surface area contributed by atoms with Gasteiger partial charge in [-0.1, -0.05) is 0 Å². The molecular weight excluding hydrogens is 269 g/mol. The predicted molar refractivity (Wildman–Crippen MR) is 63.3 cm³/mol. The van der Waals surface area contributed by atoms with Gasteiger partial charge in [0.1, 0.15) is 5.56 Å². The van der Waals surface area contributed by atoms with Crippen LogP contribution in [-0.2, 0) is 10.9 Å². The standard InChI is InChI=1S/C11H11F3O3S/c1-15-8-5-6(10(18)17-3)4-7(9(8)16-2)11(12,13)14/h4-5H,1-3H3. The number of benzene rings is 1. The van der Waals surface area contributed by atoms with Crippen LogP contribution in [0.1, 0.15) is 11.1 Å². The van der Waals surface area contributed by atoms with E-state index in [1.54, 1.807) is 0 Å². The lowest BCUT2D eigenvalue weighted by Crippen LogP contribution is -2.11. The topological polar surface area (TPSA) is 27.7 Å². The lowest BCUT2D eigenvalue weighted by Gasteiger charge is -2.16. The second kappa shape index (κ2) is 5.43. The van der Waals surface area contributed by atoms with Crippen LogP contribution in [0.4, 0.5) is 13.2 Å². The van der Waals surface area contributed by atoms with Gasteiger partial charge in [0.15, 0.2) is 16.5 Å². The van der Waals surface area contributed by atoms with Crippen molar-refractivity contribution in [3.05, 3.63) is 23.3 Å². The minimum absolute atomic E-state index is 0.0540. The van der Waals surface area contributed by atoms with Crippen LogP contribution in [-0.4, -0.2) is 26.4 Å². The highest BCUT2D eigenvalue weighted by Crippen LogP contribution is 2.42. The van der Waals surface area contributed by atoms with Crippen molar-refractivity contribution in [1.29, 1.82) is 0 Å². The number of halogens is 3. The summed E-state index contributed by atoms with van der Waals surface area (Å²) in [5.74, 6) is -0.436. The lowest BCUT2D eigenvalue weighted by atomic mass is 10.1. The zero-order valence-corrected chi connectivity index (χ0v) is 10.7. The molecule has 0 aliphatic rings. The normalized spacial score (nSPS) is 11.0. The van der Waals surface area contributed by atoms with Gasteiger partial charge >= 0.3 is 6.18 Å². The van der Waals surface area contributed by atoms with E-state index in [2.05, 4.69) is 0 Å². The van der Waals surface area contributed by atoms with E-state index >= 15 is 0 Å². The van der Waals surface area contributed by atoms with Crippen molar-refractivity contribution >= 4 is 17.3 Å². The van der Waals surface area contributed by atoms with Gasteiger partial charge in [-0.05, 0) is 24.4 Å². The molecule has 0 heterocycles. The summed E-state index contributed by atoms with van der Waals surface area (Å²) in [4.78, 5) is 0. The van der Waals surface area contributed by atoms with Crippen LogP contribution < -0.4 is 9.47 Å². The highest BCUT2D eigenvalue weighted by Gasteiger charge is 2.36. The molecule has 18 heavy (non-hydrogen) atoms. The van der Waals surface area contributed by atoms with Gasteiger partial charge in [-0.3, -0.25) is 0 Å². The van der Waals surface area contributed by atoms with Gasteiger partial charge in [0, 0.05) is 5.56 Å². The lowest BCUT2D eigenvalue weighted by molar-refractivity contribution is -0.138. The average molecular weight is 280 g/mol. The SMILES string of the molecule is COC(=S)c1cc(OC)c(OC)c(C(F)(F)F)c1. The fourth-order valence-electron chi connectivity index (χ4n) is 1.41. The smallest absolute Gasteiger partial charge is 0.420 e. The third kappa shape index (κ3) is 2.84. The van der Waals surface area contributed by atoms with Crippen molar-refractivity contribution in [2.75, 3.05) is 21.3 Å². The third-order valence-electron chi connectivity index (χ3n) is 2.21. The van der Waals surface area contributed by atoms with E-state index in [4.69, 9.17) is 26.4 Å². The van der Waals surface area contributed by atoms with E-state index in [-0.39, 0.29) is 22.1 Å². The van der Waals surface area contributed by atoms with Gasteiger partial charge in [-0.15, -0.1) is 0 Å². The molecule has 0 radical (unpaired) electrons. The molecule has 0 bridgehead atoms. The Bertz CT molecular complexity index is 458. The van der Waals surface area contributed by atoms with E-state index < -0.39 is 11.7 Å². The zero-order chi connectivity index (χ0) is 13.9. The Labute approximate surface area is 107 Å². The van der Waals surface area contributed by atoms with E-state index in [9.17, 15) is 13.2 Å². The second-order valence-corrected chi connectivity index (χ2v) is 3.62. The molecule has 1 rings (SSSR count). The Hall–Kier alpha value is -1.50. The average Bonchev–Trinajstić information content (AvgIpc) is 2.34. The number of methoxy groups -OCH3 is 3. The number of hydrogen-bond donors (Lipinski definition) is 0. The maximum absolute atomic E-state index is 12.9. The van der Waals surface area contributed by atoms with Gasteiger partial charge < -0.3 is 14.2 Å². The first-order valence-electron chi connectivity index (χ1n) is 4.76. The molecule has 3 nitrogen and oxygen atoms in total. The summed E-state index contributed by atoms with van der Waals surface area (Å²) in [5, 5.41) is -0.0542. The highest BCUT2D eigenvalue weighted by atomic mass is 32.1. The molecule has 0 spiro atoms. The Kier molecular flexibility index (Phi) is 4.39. The minimum Gasteiger partial charge on any atom is -0.493 e. The molecule has 0 saturated carbocycles. The van der Waals surface area contributed by atoms with Crippen LogP contribution in [0.3, 0.4) is 0 Å². The van der Waals surface area contributed by atoms with Crippen LogP contribution in [0.5, 0.6) is 11.5 Å². The highest BCUT2D eigenvalue weighted by molar-refractivity contribution is 7.80. The summed E-state index contributed by atoms with van der Waals surface area (Å²) in [6, 6.07) is 2.20. The summed E-state index contributed by atoms with van der Waals surface area (Å²) in [5.41, 5.74) is -0.851. The molecule has 0 fully saturated rings. The molecule has 0 N–H and O–H groups in total. The number of hydrogen-bond acceptors (Lipinski definition) is 4. The van der Waals surface area contributed by atoms with Gasteiger partial charge in [0.05, 0.1) is 21.3 Å². The molecule has 1 aromatic carbocycles. The van der Waals surface area contributed by atoms with Crippen LogP contribution in [0.25, 0.3) is 0 Å². The minimum atomic E-state index is -4.57.